The molecule has 0 aromatic carbocycles. The third-order valence-electron chi connectivity index (χ3n) is 2.58. The highest BCUT2D eigenvalue weighted by molar-refractivity contribution is 5.13. The maximum atomic E-state index is 13.2. The number of ether oxygens (including phenoxy) is 1. The van der Waals surface area contributed by atoms with Gasteiger partial charge in [-0.05, 0) is 38.4 Å². The normalized spacial score (nSPS) is 26.3. The van der Waals surface area contributed by atoms with Gasteiger partial charge in [0, 0.05) is 12.2 Å². The number of hydrogen-bond acceptors (Lipinski definition) is 3. The van der Waals surface area contributed by atoms with Gasteiger partial charge in [-0.1, -0.05) is 0 Å². The molecule has 1 aliphatic heterocycles. The van der Waals surface area contributed by atoms with E-state index in [1.807, 2.05) is 0 Å². The molecule has 4 heteroatoms. The smallest absolute Gasteiger partial charge is 0.250 e. The van der Waals surface area contributed by atoms with Crippen LogP contribution < -0.4 is 10.1 Å². The second kappa shape index (κ2) is 4.57. The van der Waals surface area contributed by atoms with Gasteiger partial charge in [0.15, 0.2) is 5.82 Å². The molecule has 1 N–H and O–H groups in total. The van der Waals surface area contributed by atoms with Crippen LogP contribution in [0.15, 0.2) is 18.3 Å². The van der Waals surface area contributed by atoms with Crippen LogP contribution in [0.3, 0.4) is 0 Å². The largest absolute Gasteiger partial charge is 0.472 e. The van der Waals surface area contributed by atoms with Gasteiger partial charge in [-0.2, -0.15) is 0 Å². The van der Waals surface area contributed by atoms with Gasteiger partial charge in [-0.15, -0.1) is 0 Å². The van der Waals surface area contributed by atoms with Crippen LogP contribution in [-0.4, -0.2) is 23.7 Å². The van der Waals surface area contributed by atoms with Crippen LogP contribution in [-0.2, 0) is 0 Å². The molecule has 3 nitrogen and oxygen atoms in total. The molecule has 1 saturated heterocycles. The Hall–Kier alpha value is -1.16. The quantitative estimate of drug-likeness (QED) is 0.807. The predicted octanol–water partition coefficient (Wildman–Crippen LogP) is 1.74. The van der Waals surface area contributed by atoms with E-state index in [0.717, 1.165) is 19.4 Å². The van der Waals surface area contributed by atoms with Crippen molar-refractivity contribution < 1.29 is 9.13 Å². The van der Waals surface area contributed by atoms with Crippen molar-refractivity contribution in [3.63, 3.8) is 0 Å². The molecular weight excluding hydrogens is 195 g/mol. The van der Waals surface area contributed by atoms with Crippen molar-refractivity contribution in [3.8, 4) is 5.88 Å². The molecule has 0 bridgehead atoms. The van der Waals surface area contributed by atoms with Crippen LogP contribution in [0.4, 0.5) is 4.39 Å². The minimum absolute atomic E-state index is 0.0747. The number of halogens is 1. The SMILES string of the molecule is C[C@@H]1C[C@H](Oc2ncccc2F)CCN1. The average molecular weight is 210 g/mol. The van der Waals surface area contributed by atoms with Gasteiger partial charge in [-0.25, -0.2) is 9.37 Å². The van der Waals surface area contributed by atoms with Crippen molar-refractivity contribution >= 4 is 0 Å². The molecule has 0 unspecified atom stereocenters. The fourth-order valence-corrected chi connectivity index (χ4v) is 1.81. The van der Waals surface area contributed by atoms with E-state index in [1.54, 1.807) is 12.3 Å². The summed E-state index contributed by atoms with van der Waals surface area (Å²) in [4.78, 5) is 3.88. The van der Waals surface area contributed by atoms with Crippen LogP contribution in [0.5, 0.6) is 5.88 Å². The summed E-state index contributed by atoms with van der Waals surface area (Å²) in [6.45, 7) is 3.02. The number of piperidine rings is 1. The number of pyridine rings is 1. The molecule has 15 heavy (non-hydrogen) atoms. The molecule has 1 aromatic rings. The first kappa shape index (κ1) is 10.4. The van der Waals surface area contributed by atoms with Crippen LogP contribution >= 0.6 is 0 Å². The molecule has 1 aliphatic rings. The van der Waals surface area contributed by atoms with E-state index in [4.69, 9.17) is 4.74 Å². The number of nitrogens with zero attached hydrogens (tertiary/aromatic N) is 1. The van der Waals surface area contributed by atoms with Crippen LogP contribution in [0, 0.1) is 5.82 Å². The molecule has 1 fully saturated rings. The lowest BCUT2D eigenvalue weighted by atomic mass is 10.0. The summed E-state index contributed by atoms with van der Waals surface area (Å²) in [7, 11) is 0. The summed E-state index contributed by atoms with van der Waals surface area (Å²) in [6, 6.07) is 3.36. The molecule has 0 aliphatic carbocycles. The lowest BCUT2D eigenvalue weighted by Crippen LogP contribution is -2.40. The third-order valence-corrected chi connectivity index (χ3v) is 2.58. The van der Waals surface area contributed by atoms with Gasteiger partial charge in [0.1, 0.15) is 6.10 Å². The number of hydrogen-bond donors (Lipinski definition) is 1. The van der Waals surface area contributed by atoms with Gasteiger partial charge in [0.05, 0.1) is 0 Å². The van der Waals surface area contributed by atoms with Crippen molar-refractivity contribution in [2.45, 2.75) is 31.9 Å². The monoisotopic (exact) mass is 210 g/mol. The first-order valence-corrected chi connectivity index (χ1v) is 5.26. The van der Waals surface area contributed by atoms with Gasteiger partial charge in [-0.3, -0.25) is 0 Å². The van der Waals surface area contributed by atoms with Crippen LogP contribution in [0.25, 0.3) is 0 Å². The Balaban J connectivity index is 1.99. The summed E-state index contributed by atoms with van der Waals surface area (Å²) >= 11 is 0. The van der Waals surface area contributed by atoms with Crippen LogP contribution in [0.1, 0.15) is 19.8 Å². The standard InChI is InChI=1S/C11H15FN2O/c1-8-7-9(4-6-13-8)15-11-10(12)3-2-5-14-11/h2-3,5,8-9,13H,4,6-7H2,1H3/t8-,9-/m1/s1. The minimum atomic E-state index is -0.385. The van der Waals surface area contributed by atoms with Crippen molar-refractivity contribution in [2.24, 2.45) is 0 Å². The summed E-state index contributed by atoms with van der Waals surface area (Å²) < 4.78 is 18.8. The molecule has 82 valence electrons. The van der Waals surface area contributed by atoms with E-state index < -0.39 is 0 Å². The Labute approximate surface area is 88.7 Å². The summed E-state index contributed by atoms with van der Waals surface area (Å²) in [6.07, 6.45) is 3.42. The lowest BCUT2D eigenvalue weighted by Gasteiger charge is -2.28. The first-order chi connectivity index (χ1) is 7.25. The Bertz CT molecular complexity index is 332. The molecule has 1 aromatic heterocycles. The maximum absolute atomic E-state index is 13.2. The Kier molecular flexibility index (Phi) is 3.16. The Morgan fingerprint density at radius 1 is 1.60 bits per heavy atom. The van der Waals surface area contributed by atoms with Gasteiger partial charge in [0.25, 0.3) is 5.88 Å². The summed E-state index contributed by atoms with van der Waals surface area (Å²) in [5, 5.41) is 3.32. The highest BCUT2D eigenvalue weighted by atomic mass is 19.1. The topological polar surface area (TPSA) is 34.1 Å². The van der Waals surface area contributed by atoms with Crippen molar-refractivity contribution in [2.75, 3.05) is 6.54 Å². The second-order valence-electron chi connectivity index (χ2n) is 3.91. The lowest BCUT2D eigenvalue weighted by molar-refractivity contribution is 0.132. The zero-order valence-corrected chi connectivity index (χ0v) is 8.74. The Morgan fingerprint density at radius 3 is 3.20 bits per heavy atom. The van der Waals surface area contributed by atoms with E-state index in [9.17, 15) is 4.39 Å². The van der Waals surface area contributed by atoms with Crippen molar-refractivity contribution in [1.29, 1.82) is 0 Å². The third kappa shape index (κ3) is 2.65. The van der Waals surface area contributed by atoms with Gasteiger partial charge >= 0.3 is 0 Å². The second-order valence-corrected chi connectivity index (χ2v) is 3.91. The van der Waals surface area contributed by atoms with E-state index in [2.05, 4.69) is 17.2 Å². The fourth-order valence-electron chi connectivity index (χ4n) is 1.81. The highest BCUT2D eigenvalue weighted by Gasteiger charge is 2.21. The molecule has 2 heterocycles. The fraction of sp³-hybridized carbons (Fsp3) is 0.545. The molecule has 0 saturated carbocycles. The van der Waals surface area contributed by atoms with E-state index in [0.29, 0.717) is 6.04 Å². The van der Waals surface area contributed by atoms with Crippen molar-refractivity contribution in [3.05, 3.63) is 24.1 Å². The average Bonchev–Trinajstić information content (AvgIpc) is 2.22. The first-order valence-electron chi connectivity index (χ1n) is 5.26. The van der Waals surface area contributed by atoms with Gasteiger partial charge in [0.2, 0.25) is 0 Å². The molecule has 0 radical (unpaired) electrons. The molecule has 0 amide bonds. The summed E-state index contributed by atoms with van der Waals surface area (Å²) in [5.74, 6) is -0.264. The van der Waals surface area contributed by atoms with Gasteiger partial charge < -0.3 is 10.1 Å². The van der Waals surface area contributed by atoms with E-state index >= 15 is 0 Å². The molecule has 2 atom stereocenters. The zero-order valence-electron chi connectivity index (χ0n) is 8.74. The highest BCUT2D eigenvalue weighted by Crippen LogP contribution is 2.18. The van der Waals surface area contributed by atoms with E-state index in [1.165, 1.54) is 6.07 Å². The Morgan fingerprint density at radius 2 is 2.47 bits per heavy atom. The number of aromatic nitrogens is 1. The molecule has 2 rings (SSSR count). The van der Waals surface area contributed by atoms with Crippen molar-refractivity contribution in [1.82, 2.24) is 10.3 Å². The van der Waals surface area contributed by atoms with Crippen LogP contribution in [0.2, 0.25) is 0 Å². The zero-order chi connectivity index (χ0) is 10.7. The maximum Gasteiger partial charge on any atom is 0.250 e. The molecular formula is C11H15FN2O. The molecule has 0 spiro atoms. The minimum Gasteiger partial charge on any atom is -0.472 e. The predicted molar refractivity (Wildman–Crippen MR) is 55.3 cm³/mol. The number of nitrogens with one attached hydrogen (secondary N) is 1. The summed E-state index contributed by atoms with van der Waals surface area (Å²) in [5.41, 5.74) is 0. The van der Waals surface area contributed by atoms with E-state index in [-0.39, 0.29) is 17.8 Å². The number of rotatable bonds is 2.